The number of hydrogen-bond donors (Lipinski definition) is 4. The summed E-state index contributed by atoms with van der Waals surface area (Å²) >= 11 is 0. The topological polar surface area (TPSA) is 184 Å². The number of nitrogens with zero attached hydrogens (tertiary/aromatic N) is 3. The number of nitrogen functional groups attached to an aromatic ring is 2. The maximum atomic E-state index is 13.0. The van der Waals surface area contributed by atoms with Crippen LogP contribution < -0.4 is 22.1 Å². The number of carbonyl (C=O) groups excluding carboxylic acids is 3. The minimum absolute atomic E-state index is 0.0281. The first-order chi connectivity index (χ1) is 20.7. The summed E-state index contributed by atoms with van der Waals surface area (Å²) in [6.07, 6.45) is 0.0354. The van der Waals surface area contributed by atoms with E-state index in [1.165, 1.54) is 0 Å². The fraction of sp³-hybridized carbons (Fsp3) is 0.290. The molecule has 6 N–H and O–H groups in total. The molecule has 4 rings (SSSR count). The van der Waals surface area contributed by atoms with Gasteiger partial charge in [-0.15, -0.1) is 0 Å². The van der Waals surface area contributed by atoms with Crippen molar-refractivity contribution >= 4 is 46.3 Å². The van der Waals surface area contributed by atoms with Crippen LogP contribution in [0.25, 0.3) is 22.3 Å². The Kier molecular flexibility index (Phi) is 10.0. The molecule has 2 aromatic heterocycles. The van der Waals surface area contributed by atoms with E-state index < -0.39 is 23.9 Å². The van der Waals surface area contributed by atoms with Crippen LogP contribution >= 0.6 is 0 Å². The molecule has 224 valence electrons. The number of aryl methyl sites for hydroxylation is 1. The summed E-state index contributed by atoms with van der Waals surface area (Å²) in [7, 11) is 0. The summed E-state index contributed by atoms with van der Waals surface area (Å²) in [6.45, 7) is 6.09. The standard InChI is InChI=1S/C31H35N7O5/c1-4-42-24(39)16-15-23(30(41)43-5-2)35-29(40)20-11-13-21(14-12-20)34-17-22-18(3)25-27(32)37-31(33)38-28(25)36-26(22)19-9-7-6-8-10-19/h6-14,23,34H,4-5,15-17H2,1-3H3,(H,35,40)(H4,32,33,36,37,38)/t23-/m0/s1. The van der Waals surface area contributed by atoms with E-state index >= 15 is 0 Å². The second kappa shape index (κ2) is 14.1. The molecule has 0 aliphatic rings. The molecule has 4 aromatic rings. The third kappa shape index (κ3) is 7.53. The van der Waals surface area contributed by atoms with E-state index in [2.05, 4.69) is 20.6 Å². The van der Waals surface area contributed by atoms with Crippen LogP contribution in [0.4, 0.5) is 17.5 Å². The number of esters is 2. The summed E-state index contributed by atoms with van der Waals surface area (Å²) in [5, 5.41) is 6.70. The van der Waals surface area contributed by atoms with Gasteiger partial charge in [-0.3, -0.25) is 9.59 Å². The molecule has 2 aromatic carbocycles. The Morgan fingerprint density at radius 2 is 1.60 bits per heavy atom. The lowest BCUT2D eigenvalue weighted by molar-refractivity contribution is -0.146. The quantitative estimate of drug-likeness (QED) is 0.177. The normalized spacial score (nSPS) is 11.5. The minimum atomic E-state index is -0.985. The highest BCUT2D eigenvalue weighted by Crippen LogP contribution is 2.32. The van der Waals surface area contributed by atoms with E-state index in [1.54, 1.807) is 38.1 Å². The molecule has 0 aliphatic heterocycles. The van der Waals surface area contributed by atoms with Crippen molar-refractivity contribution < 1.29 is 23.9 Å². The number of carbonyl (C=O) groups is 3. The zero-order chi connectivity index (χ0) is 30.9. The van der Waals surface area contributed by atoms with Gasteiger partial charge >= 0.3 is 11.9 Å². The summed E-state index contributed by atoms with van der Waals surface area (Å²) in [6, 6.07) is 15.6. The van der Waals surface area contributed by atoms with Gasteiger partial charge < -0.3 is 31.6 Å². The molecule has 12 nitrogen and oxygen atoms in total. The van der Waals surface area contributed by atoms with Crippen LogP contribution in [0.1, 0.15) is 48.2 Å². The number of aromatic nitrogens is 3. The van der Waals surface area contributed by atoms with Crippen molar-refractivity contribution in [1.29, 1.82) is 0 Å². The van der Waals surface area contributed by atoms with Gasteiger partial charge in [0.25, 0.3) is 5.91 Å². The molecule has 0 bridgehead atoms. The molecule has 0 saturated heterocycles. The van der Waals surface area contributed by atoms with Gasteiger partial charge in [0.2, 0.25) is 5.95 Å². The number of amides is 1. The number of rotatable bonds is 12. The monoisotopic (exact) mass is 585 g/mol. The van der Waals surface area contributed by atoms with Crippen molar-refractivity contribution in [3.8, 4) is 11.3 Å². The molecule has 1 atom stereocenters. The largest absolute Gasteiger partial charge is 0.466 e. The summed E-state index contributed by atoms with van der Waals surface area (Å²) in [5.41, 5.74) is 17.0. The van der Waals surface area contributed by atoms with Gasteiger partial charge in [-0.25, -0.2) is 9.78 Å². The van der Waals surface area contributed by atoms with Crippen molar-refractivity contribution in [1.82, 2.24) is 20.3 Å². The second-order valence-electron chi connectivity index (χ2n) is 9.65. The van der Waals surface area contributed by atoms with E-state index in [-0.39, 0.29) is 37.8 Å². The molecule has 0 saturated carbocycles. The van der Waals surface area contributed by atoms with Crippen LogP contribution in [0.2, 0.25) is 0 Å². The van der Waals surface area contributed by atoms with E-state index in [9.17, 15) is 14.4 Å². The number of nitrogens with two attached hydrogens (primary N) is 2. The Hall–Kier alpha value is -5.26. The van der Waals surface area contributed by atoms with Crippen LogP contribution in [0.15, 0.2) is 54.6 Å². The first kappa shape index (κ1) is 30.7. The van der Waals surface area contributed by atoms with E-state index in [4.69, 9.17) is 25.9 Å². The smallest absolute Gasteiger partial charge is 0.328 e. The molecular formula is C31H35N7O5. The van der Waals surface area contributed by atoms with E-state index in [1.807, 2.05) is 37.3 Å². The van der Waals surface area contributed by atoms with Gasteiger partial charge in [0, 0.05) is 35.3 Å². The van der Waals surface area contributed by atoms with E-state index in [0.29, 0.717) is 23.1 Å². The maximum Gasteiger partial charge on any atom is 0.328 e. The molecule has 43 heavy (non-hydrogen) atoms. The molecule has 0 unspecified atom stereocenters. The molecular weight excluding hydrogens is 550 g/mol. The number of pyridine rings is 1. The summed E-state index contributed by atoms with van der Waals surface area (Å²) in [5.74, 6) is -1.22. The zero-order valence-electron chi connectivity index (χ0n) is 24.3. The van der Waals surface area contributed by atoms with Gasteiger partial charge in [0.15, 0.2) is 5.65 Å². The molecule has 1 amide bonds. The third-order valence-corrected chi connectivity index (χ3v) is 6.75. The maximum absolute atomic E-state index is 13.0. The highest BCUT2D eigenvalue weighted by Gasteiger charge is 2.24. The lowest BCUT2D eigenvalue weighted by atomic mass is 9.98. The predicted octanol–water partition coefficient (Wildman–Crippen LogP) is 3.78. The molecule has 0 radical (unpaired) electrons. The minimum Gasteiger partial charge on any atom is -0.466 e. The molecule has 0 fully saturated rings. The van der Waals surface area contributed by atoms with Crippen LogP contribution in [-0.4, -0.2) is 52.1 Å². The van der Waals surface area contributed by atoms with Gasteiger partial charge in [-0.05, 0) is 57.0 Å². The Labute approximate surface area is 249 Å². The number of fused-ring (bicyclic) bond motifs is 1. The number of nitrogens with one attached hydrogen (secondary N) is 2. The molecule has 0 aliphatic carbocycles. The van der Waals surface area contributed by atoms with Crippen molar-refractivity contribution in [2.24, 2.45) is 0 Å². The average Bonchev–Trinajstić information content (AvgIpc) is 2.99. The second-order valence-corrected chi connectivity index (χ2v) is 9.65. The molecule has 0 spiro atoms. The number of benzene rings is 2. The third-order valence-electron chi connectivity index (χ3n) is 6.75. The summed E-state index contributed by atoms with van der Waals surface area (Å²) < 4.78 is 10.0. The fourth-order valence-corrected chi connectivity index (χ4v) is 4.64. The van der Waals surface area contributed by atoms with Gasteiger partial charge in [0.05, 0.1) is 24.3 Å². The summed E-state index contributed by atoms with van der Waals surface area (Å²) in [4.78, 5) is 50.4. The lowest BCUT2D eigenvalue weighted by Crippen LogP contribution is -2.42. The van der Waals surface area contributed by atoms with Crippen LogP contribution in [0.5, 0.6) is 0 Å². The number of hydrogen-bond acceptors (Lipinski definition) is 11. The van der Waals surface area contributed by atoms with Crippen molar-refractivity contribution in [3.63, 3.8) is 0 Å². The highest BCUT2D eigenvalue weighted by molar-refractivity contribution is 5.97. The fourth-order valence-electron chi connectivity index (χ4n) is 4.64. The average molecular weight is 586 g/mol. The molecule has 2 heterocycles. The Morgan fingerprint density at radius 3 is 2.28 bits per heavy atom. The predicted molar refractivity (Wildman–Crippen MR) is 164 cm³/mol. The Morgan fingerprint density at radius 1 is 0.907 bits per heavy atom. The number of ether oxygens (including phenoxy) is 2. The van der Waals surface area contributed by atoms with Gasteiger partial charge in [0.1, 0.15) is 11.9 Å². The van der Waals surface area contributed by atoms with Crippen LogP contribution in [0.3, 0.4) is 0 Å². The van der Waals surface area contributed by atoms with Crippen LogP contribution in [0, 0.1) is 6.92 Å². The van der Waals surface area contributed by atoms with Gasteiger partial charge in [-0.2, -0.15) is 9.97 Å². The Bertz CT molecular complexity index is 1610. The first-order valence-corrected chi connectivity index (χ1v) is 14.0. The van der Waals surface area contributed by atoms with Crippen molar-refractivity contribution in [3.05, 3.63) is 71.3 Å². The zero-order valence-corrected chi connectivity index (χ0v) is 24.3. The van der Waals surface area contributed by atoms with E-state index in [0.717, 1.165) is 28.1 Å². The molecule has 12 heteroatoms. The van der Waals surface area contributed by atoms with Crippen LogP contribution in [-0.2, 0) is 25.6 Å². The van der Waals surface area contributed by atoms with Gasteiger partial charge in [-0.1, -0.05) is 30.3 Å². The first-order valence-electron chi connectivity index (χ1n) is 14.0. The van der Waals surface area contributed by atoms with Crippen molar-refractivity contribution in [2.75, 3.05) is 30.0 Å². The highest BCUT2D eigenvalue weighted by atomic mass is 16.5. The Balaban J connectivity index is 1.52. The SMILES string of the molecule is CCOC(=O)CC[C@H](NC(=O)c1ccc(NCc2c(-c3ccccc3)nc3nc(N)nc(N)c3c2C)cc1)C(=O)OCC. The lowest BCUT2D eigenvalue weighted by Gasteiger charge is -2.18. The number of anilines is 3. The van der Waals surface area contributed by atoms with Crippen molar-refractivity contribution in [2.45, 2.75) is 46.2 Å².